The number of carboxylic acid groups (broad SMARTS) is 1. The monoisotopic (exact) mass is 557 g/mol. The molecule has 2 aromatic carbocycles. The molecule has 1 aliphatic heterocycles. The number of carboxylic acids is 1. The summed E-state index contributed by atoms with van der Waals surface area (Å²) in [5.74, 6) is -0.231. The molecule has 41 heavy (non-hydrogen) atoms. The molecule has 8 heteroatoms. The number of aromatic carboxylic acids is 1. The van der Waals surface area contributed by atoms with Gasteiger partial charge in [-0.05, 0) is 99.5 Å². The van der Waals surface area contributed by atoms with Gasteiger partial charge in [-0.1, -0.05) is 36.4 Å². The van der Waals surface area contributed by atoms with Crippen LogP contribution in [0.4, 0.5) is 4.79 Å². The Balaban J connectivity index is 1.20. The molecule has 2 atom stereocenters. The van der Waals surface area contributed by atoms with Crippen LogP contribution in [0, 0.1) is 5.92 Å². The average molecular weight is 558 g/mol. The van der Waals surface area contributed by atoms with Crippen molar-refractivity contribution in [3.8, 4) is 11.1 Å². The predicted octanol–water partition coefficient (Wildman–Crippen LogP) is 5.75. The Bertz CT molecular complexity index is 1400. The first kappa shape index (κ1) is 28.6. The summed E-state index contributed by atoms with van der Waals surface area (Å²) in [6.07, 6.45) is 4.40. The Morgan fingerprint density at radius 2 is 1.63 bits per heavy atom. The summed E-state index contributed by atoms with van der Waals surface area (Å²) < 4.78 is 5.85. The smallest absolute Gasteiger partial charge is 0.410 e. The number of carbonyl (C=O) groups excluding carboxylic acids is 1. The van der Waals surface area contributed by atoms with Crippen LogP contribution in [-0.4, -0.2) is 63.2 Å². The van der Waals surface area contributed by atoms with E-state index in [-0.39, 0.29) is 23.6 Å². The molecule has 1 aliphatic carbocycles. The molecule has 2 fully saturated rings. The number of hydrogen-bond acceptors (Lipinski definition) is 5. The van der Waals surface area contributed by atoms with E-state index in [1.54, 1.807) is 18.3 Å². The minimum absolute atomic E-state index is 0.119. The molecule has 2 N–H and O–H groups in total. The van der Waals surface area contributed by atoms with E-state index in [0.29, 0.717) is 18.0 Å². The highest BCUT2D eigenvalue weighted by atomic mass is 16.6. The van der Waals surface area contributed by atoms with Crippen LogP contribution >= 0.6 is 0 Å². The zero-order chi connectivity index (χ0) is 29.1. The highest BCUT2D eigenvalue weighted by Crippen LogP contribution is 2.46. The van der Waals surface area contributed by atoms with E-state index in [1.807, 2.05) is 43.9 Å². The highest BCUT2D eigenvalue weighted by Gasteiger charge is 2.46. The molecule has 8 nitrogen and oxygen atoms in total. The second-order valence-electron chi connectivity index (χ2n) is 12.3. The van der Waals surface area contributed by atoms with Crippen molar-refractivity contribution >= 4 is 12.1 Å². The van der Waals surface area contributed by atoms with Crippen molar-refractivity contribution in [1.29, 1.82) is 0 Å². The molecule has 2 unspecified atom stereocenters. The number of pyridine rings is 1. The van der Waals surface area contributed by atoms with Crippen LogP contribution < -0.4 is 5.56 Å². The van der Waals surface area contributed by atoms with Crippen molar-refractivity contribution in [3.05, 3.63) is 93.9 Å². The first-order valence-electron chi connectivity index (χ1n) is 14.4. The Morgan fingerprint density at radius 3 is 2.22 bits per heavy atom. The van der Waals surface area contributed by atoms with Gasteiger partial charge in [0.2, 0.25) is 5.56 Å². The van der Waals surface area contributed by atoms with Crippen LogP contribution in [-0.2, 0) is 11.3 Å². The number of rotatable bonds is 8. The summed E-state index contributed by atoms with van der Waals surface area (Å²) in [7, 11) is 0. The van der Waals surface area contributed by atoms with Crippen molar-refractivity contribution in [2.45, 2.75) is 64.1 Å². The molecule has 0 bridgehead atoms. The maximum Gasteiger partial charge on any atom is 0.410 e. The van der Waals surface area contributed by atoms with Crippen LogP contribution in [0.25, 0.3) is 11.1 Å². The number of likely N-dealkylation sites (tertiary alicyclic amines) is 1. The van der Waals surface area contributed by atoms with Gasteiger partial charge in [-0.15, -0.1) is 0 Å². The number of hydrogen-bond donors (Lipinski definition) is 2. The van der Waals surface area contributed by atoms with Gasteiger partial charge in [0, 0.05) is 37.3 Å². The van der Waals surface area contributed by atoms with Crippen molar-refractivity contribution in [1.82, 2.24) is 14.8 Å². The Labute approximate surface area is 241 Å². The number of carbonyl (C=O) groups is 2. The molecule has 216 valence electrons. The van der Waals surface area contributed by atoms with Crippen molar-refractivity contribution in [3.63, 3.8) is 0 Å². The fourth-order valence-electron chi connectivity index (χ4n) is 5.68. The molecule has 5 rings (SSSR count). The fraction of sp³-hybridized carbons (Fsp3) is 0.424. The molecule has 1 amide bonds. The second kappa shape index (κ2) is 11.9. The minimum Gasteiger partial charge on any atom is -0.478 e. The number of H-pyrrole nitrogens is 1. The van der Waals surface area contributed by atoms with Gasteiger partial charge in [0.25, 0.3) is 0 Å². The second-order valence-corrected chi connectivity index (χ2v) is 12.3. The SMILES string of the molecule is CC(C)(C)OC(=O)N(CC1CCN(Cc2ccc(C(=O)O)cc2)CC1)C1CC1c1ccc(-c2ccc(=O)[nH]c2)cc1. The molecule has 1 saturated heterocycles. The van der Waals surface area contributed by atoms with E-state index in [9.17, 15) is 14.4 Å². The zero-order valence-corrected chi connectivity index (χ0v) is 24.0. The zero-order valence-electron chi connectivity index (χ0n) is 24.0. The largest absolute Gasteiger partial charge is 0.478 e. The first-order valence-corrected chi connectivity index (χ1v) is 14.4. The molecule has 0 spiro atoms. The van der Waals surface area contributed by atoms with Gasteiger partial charge in [-0.25, -0.2) is 9.59 Å². The third kappa shape index (κ3) is 7.44. The lowest BCUT2D eigenvalue weighted by atomic mass is 9.95. The van der Waals surface area contributed by atoms with Gasteiger partial charge in [0.1, 0.15) is 5.60 Å². The van der Waals surface area contributed by atoms with Crippen LogP contribution in [0.2, 0.25) is 0 Å². The number of benzene rings is 2. The lowest BCUT2D eigenvalue weighted by Crippen LogP contribution is -2.44. The lowest BCUT2D eigenvalue weighted by Gasteiger charge is -2.36. The maximum absolute atomic E-state index is 13.4. The van der Waals surface area contributed by atoms with Gasteiger partial charge in [-0.2, -0.15) is 0 Å². The third-order valence-corrected chi connectivity index (χ3v) is 8.01. The number of nitrogens with zero attached hydrogens (tertiary/aromatic N) is 2. The Kier molecular flexibility index (Phi) is 8.31. The molecule has 0 radical (unpaired) electrons. The fourth-order valence-corrected chi connectivity index (χ4v) is 5.68. The van der Waals surface area contributed by atoms with E-state index in [2.05, 4.69) is 34.1 Å². The van der Waals surface area contributed by atoms with E-state index < -0.39 is 11.6 Å². The van der Waals surface area contributed by atoms with Crippen LogP contribution in [0.1, 0.15) is 67.4 Å². The van der Waals surface area contributed by atoms with Crippen LogP contribution in [0.15, 0.2) is 71.7 Å². The summed E-state index contributed by atoms with van der Waals surface area (Å²) >= 11 is 0. The lowest BCUT2D eigenvalue weighted by molar-refractivity contribution is 0.0170. The van der Waals surface area contributed by atoms with Crippen molar-refractivity contribution in [2.75, 3.05) is 19.6 Å². The van der Waals surface area contributed by atoms with Crippen molar-refractivity contribution < 1.29 is 19.4 Å². The summed E-state index contributed by atoms with van der Waals surface area (Å²) in [5, 5.41) is 9.13. The first-order chi connectivity index (χ1) is 19.6. The van der Waals surface area contributed by atoms with Crippen molar-refractivity contribution in [2.24, 2.45) is 5.92 Å². The highest BCUT2D eigenvalue weighted by molar-refractivity contribution is 5.87. The molecular formula is C33H39N3O5. The molecule has 1 saturated carbocycles. The van der Waals surface area contributed by atoms with E-state index in [0.717, 1.165) is 55.6 Å². The summed E-state index contributed by atoms with van der Waals surface area (Å²) in [4.78, 5) is 43.0. The number of piperidine rings is 1. The molecule has 3 aromatic rings. The van der Waals surface area contributed by atoms with Gasteiger partial charge in [-0.3, -0.25) is 9.69 Å². The number of ether oxygens (including phenoxy) is 1. The van der Waals surface area contributed by atoms with E-state index in [1.165, 1.54) is 11.6 Å². The van der Waals surface area contributed by atoms with Gasteiger partial charge >= 0.3 is 12.1 Å². The number of aromatic amines is 1. The Morgan fingerprint density at radius 1 is 0.976 bits per heavy atom. The summed E-state index contributed by atoms with van der Waals surface area (Å²) in [5.41, 5.74) is 3.94. The van der Waals surface area contributed by atoms with Crippen LogP contribution in [0.5, 0.6) is 0 Å². The van der Waals surface area contributed by atoms with Gasteiger partial charge < -0.3 is 19.7 Å². The number of nitrogens with one attached hydrogen (secondary N) is 1. The quantitative estimate of drug-likeness (QED) is 0.366. The van der Waals surface area contributed by atoms with E-state index in [4.69, 9.17) is 9.84 Å². The van der Waals surface area contributed by atoms with Crippen LogP contribution in [0.3, 0.4) is 0 Å². The Hall–Kier alpha value is -3.91. The predicted molar refractivity (Wildman–Crippen MR) is 158 cm³/mol. The molecule has 2 heterocycles. The summed E-state index contributed by atoms with van der Waals surface area (Å²) in [6.45, 7) is 9.08. The maximum atomic E-state index is 13.4. The third-order valence-electron chi connectivity index (χ3n) is 8.01. The summed E-state index contributed by atoms with van der Waals surface area (Å²) in [6, 6.07) is 19.0. The number of amides is 1. The topological polar surface area (TPSA) is 103 Å². The minimum atomic E-state index is -0.910. The normalized spacial score (nSPS) is 19.5. The van der Waals surface area contributed by atoms with E-state index >= 15 is 0 Å². The van der Waals surface area contributed by atoms with Gasteiger partial charge in [0.05, 0.1) is 5.56 Å². The molecular weight excluding hydrogens is 518 g/mol. The molecule has 2 aliphatic rings. The average Bonchev–Trinajstić information content (AvgIpc) is 3.73. The molecule has 1 aromatic heterocycles. The number of aromatic nitrogens is 1. The van der Waals surface area contributed by atoms with Gasteiger partial charge in [0.15, 0.2) is 0 Å². The standard InChI is InChI=1S/C33H39N3O5/c1-33(2,3)41-32(40)36(21-23-14-16-35(17-15-23)20-22-4-6-26(7-5-22)31(38)39)29-18-28(29)25-10-8-24(9-11-25)27-12-13-30(37)34-19-27/h4-13,19,23,28-29H,14-18,20-21H2,1-3H3,(H,34,37)(H,38,39).